The molecule has 0 unspecified atom stereocenters. The van der Waals surface area contributed by atoms with Crippen molar-refractivity contribution in [1.29, 1.82) is 0 Å². The molecule has 1 amide bonds. The first-order valence-electron chi connectivity index (χ1n) is 7.33. The van der Waals surface area contributed by atoms with E-state index < -0.39 is 0 Å². The van der Waals surface area contributed by atoms with Crippen LogP contribution in [0, 0.1) is 5.21 Å². The third kappa shape index (κ3) is 2.94. The first kappa shape index (κ1) is 14.5. The maximum Gasteiger partial charge on any atom is 0.320 e. The summed E-state index contributed by atoms with van der Waals surface area (Å²) in [6.45, 7) is 2.87. The first-order valence-corrected chi connectivity index (χ1v) is 7.33. The fourth-order valence-corrected chi connectivity index (χ4v) is 2.72. The number of pyridine rings is 1. The van der Waals surface area contributed by atoms with Gasteiger partial charge in [0.05, 0.1) is 12.6 Å². The highest BCUT2D eigenvalue weighted by Crippen LogP contribution is 2.25. The fourth-order valence-electron chi connectivity index (χ4n) is 2.72. The molecule has 1 saturated heterocycles. The van der Waals surface area contributed by atoms with Gasteiger partial charge in [-0.3, -0.25) is 4.79 Å². The van der Waals surface area contributed by atoms with Gasteiger partial charge in [-0.25, -0.2) is 0 Å². The fraction of sp³-hybridized carbons (Fsp3) is 0.294. The number of carbonyl (C=O) groups is 1. The van der Waals surface area contributed by atoms with Crippen LogP contribution in [-0.2, 0) is 4.74 Å². The first-order chi connectivity index (χ1) is 10.6. The Morgan fingerprint density at radius 3 is 2.64 bits per heavy atom. The van der Waals surface area contributed by atoms with Crippen LogP contribution in [0.3, 0.4) is 0 Å². The van der Waals surface area contributed by atoms with Gasteiger partial charge in [0.1, 0.15) is 6.10 Å². The van der Waals surface area contributed by atoms with Crippen molar-refractivity contribution in [2.24, 2.45) is 0 Å². The van der Waals surface area contributed by atoms with Gasteiger partial charge in [-0.05, 0) is 18.6 Å². The molecule has 0 N–H and O–H groups in total. The number of aromatic nitrogens is 1. The minimum absolute atomic E-state index is 0.0771. The van der Waals surface area contributed by atoms with Gasteiger partial charge in [0.25, 0.3) is 5.69 Å². The van der Waals surface area contributed by atoms with Crippen LogP contribution < -0.4 is 4.73 Å². The number of hydrogen-bond donors (Lipinski definition) is 0. The van der Waals surface area contributed by atoms with E-state index in [-0.39, 0.29) is 23.8 Å². The molecular formula is C17H18N2O3. The van der Waals surface area contributed by atoms with E-state index in [1.807, 2.05) is 37.3 Å². The molecule has 0 bridgehead atoms. The lowest BCUT2D eigenvalue weighted by molar-refractivity contribution is -0.608. The van der Waals surface area contributed by atoms with Gasteiger partial charge in [0, 0.05) is 18.7 Å². The van der Waals surface area contributed by atoms with Crippen molar-refractivity contribution in [3.63, 3.8) is 0 Å². The molecule has 1 aromatic heterocycles. The minimum atomic E-state index is -0.258. The van der Waals surface area contributed by atoms with Gasteiger partial charge < -0.3 is 14.8 Å². The van der Waals surface area contributed by atoms with Crippen molar-refractivity contribution in [3.05, 3.63) is 71.2 Å². The van der Waals surface area contributed by atoms with Crippen molar-refractivity contribution in [2.45, 2.75) is 19.1 Å². The summed E-state index contributed by atoms with van der Waals surface area (Å²) < 4.78 is 6.55. The summed E-state index contributed by atoms with van der Waals surface area (Å²) >= 11 is 0. The molecule has 2 atom stereocenters. The Morgan fingerprint density at radius 1 is 1.18 bits per heavy atom. The van der Waals surface area contributed by atoms with E-state index >= 15 is 0 Å². The number of amides is 1. The number of ether oxygens (including phenoxy) is 1. The van der Waals surface area contributed by atoms with Gasteiger partial charge in [-0.15, -0.1) is 0 Å². The lowest BCUT2D eigenvalue weighted by atomic mass is 10.1. The molecule has 5 heteroatoms. The molecule has 3 rings (SSSR count). The zero-order valence-corrected chi connectivity index (χ0v) is 12.4. The second-order valence-corrected chi connectivity index (χ2v) is 5.47. The molecule has 1 aromatic carbocycles. The highest BCUT2D eigenvalue weighted by molar-refractivity contribution is 5.91. The normalized spacial score (nSPS) is 21.6. The third-order valence-electron chi connectivity index (χ3n) is 3.76. The number of benzene rings is 1. The summed E-state index contributed by atoms with van der Waals surface area (Å²) in [5.41, 5.74) is 1.18. The lowest BCUT2D eigenvalue weighted by Gasteiger charge is -2.36. The van der Waals surface area contributed by atoms with E-state index in [1.165, 1.54) is 6.20 Å². The molecule has 2 heterocycles. The minimum Gasteiger partial charge on any atom is -0.618 e. The van der Waals surface area contributed by atoms with Crippen molar-refractivity contribution >= 4 is 5.91 Å². The predicted octanol–water partition coefficient (Wildman–Crippen LogP) is 1.92. The number of nitrogens with zero attached hydrogens (tertiary/aromatic N) is 2. The predicted molar refractivity (Wildman–Crippen MR) is 81.0 cm³/mol. The van der Waals surface area contributed by atoms with Crippen LogP contribution in [0.2, 0.25) is 0 Å². The average molecular weight is 298 g/mol. The van der Waals surface area contributed by atoms with Crippen LogP contribution in [0.5, 0.6) is 0 Å². The van der Waals surface area contributed by atoms with Crippen LogP contribution in [0.4, 0.5) is 0 Å². The van der Waals surface area contributed by atoms with Gasteiger partial charge >= 0.3 is 5.91 Å². The van der Waals surface area contributed by atoms with Crippen molar-refractivity contribution in [1.82, 2.24) is 4.90 Å². The highest BCUT2D eigenvalue weighted by atomic mass is 16.5. The Bertz CT molecular complexity index is 660. The Hall–Kier alpha value is -2.40. The largest absolute Gasteiger partial charge is 0.618 e. The van der Waals surface area contributed by atoms with E-state index in [0.717, 1.165) is 5.56 Å². The van der Waals surface area contributed by atoms with Crippen molar-refractivity contribution < 1.29 is 14.3 Å². The van der Waals surface area contributed by atoms with E-state index in [2.05, 4.69) is 0 Å². The molecule has 5 nitrogen and oxygen atoms in total. The number of rotatable bonds is 2. The van der Waals surface area contributed by atoms with Gasteiger partial charge in [0.15, 0.2) is 6.20 Å². The Kier molecular flexibility index (Phi) is 4.06. The van der Waals surface area contributed by atoms with Crippen LogP contribution in [-0.4, -0.2) is 30.0 Å². The van der Waals surface area contributed by atoms with Crippen LogP contribution in [0.1, 0.15) is 29.1 Å². The summed E-state index contributed by atoms with van der Waals surface area (Å²) in [6, 6.07) is 14.7. The van der Waals surface area contributed by atoms with Crippen molar-refractivity contribution in [3.8, 4) is 0 Å². The van der Waals surface area contributed by atoms with Gasteiger partial charge in [0.2, 0.25) is 0 Å². The zero-order chi connectivity index (χ0) is 15.5. The van der Waals surface area contributed by atoms with E-state index in [0.29, 0.717) is 17.8 Å². The number of hydrogen-bond acceptors (Lipinski definition) is 3. The van der Waals surface area contributed by atoms with Crippen LogP contribution in [0.15, 0.2) is 54.7 Å². The second-order valence-electron chi connectivity index (χ2n) is 5.47. The Labute approximate surface area is 129 Å². The van der Waals surface area contributed by atoms with Crippen LogP contribution >= 0.6 is 0 Å². The number of carbonyl (C=O) groups excluding carboxylic acids is 1. The Morgan fingerprint density at radius 2 is 1.91 bits per heavy atom. The molecule has 0 radical (unpaired) electrons. The Balaban J connectivity index is 1.82. The molecule has 22 heavy (non-hydrogen) atoms. The SMILES string of the molecule is C[C@H]1CN(C(=O)c2cccc[n+]2[O-])C[C@@H](c2ccccc2)O1. The second kappa shape index (κ2) is 6.15. The summed E-state index contributed by atoms with van der Waals surface area (Å²) in [5, 5.41) is 11.8. The summed E-state index contributed by atoms with van der Waals surface area (Å²) in [6.07, 6.45) is 1.09. The molecule has 0 saturated carbocycles. The molecule has 0 spiro atoms. The highest BCUT2D eigenvalue weighted by Gasteiger charge is 2.32. The third-order valence-corrected chi connectivity index (χ3v) is 3.76. The summed E-state index contributed by atoms with van der Waals surface area (Å²) in [7, 11) is 0. The molecule has 1 aliphatic rings. The molecule has 1 fully saturated rings. The van der Waals surface area contributed by atoms with Crippen LogP contribution in [0.25, 0.3) is 0 Å². The molecule has 114 valence electrons. The standard InChI is InChI=1S/C17H18N2O3/c1-13-11-18(17(20)15-9-5-6-10-19(15)21)12-16(22-13)14-7-3-2-4-8-14/h2-10,13,16H,11-12H2,1H3/t13-,16-/m0/s1. The van der Waals surface area contributed by atoms with Gasteiger partial charge in [-0.1, -0.05) is 30.3 Å². The van der Waals surface area contributed by atoms with E-state index in [4.69, 9.17) is 4.74 Å². The number of morpholine rings is 1. The van der Waals surface area contributed by atoms with Crippen molar-refractivity contribution in [2.75, 3.05) is 13.1 Å². The lowest BCUT2D eigenvalue weighted by Crippen LogP contribution is -2.49. The quantitative estimate of drug-likeness (QED) is 0.629. The molecule has 2 aromatic rings. The molecule has 0 aliphatic carbocycles. The smallest absolute Gasteiger partial charge is 0.320 e. The monoisotopic (exact) mass is 298 g/mol. The molecular weight excluding hydrogens is 280 g/mol. The van der Waals surface area contributed by atoms with E-state index in [1.54, 1.807) is 23.1 Å². The maximum absolute atomic E-state index is 12.6. The maximum atomic E-state index is 12.6. The topological polar surface area (TPSA) is 56.5 Å². The summed E-state index contributed by atoms with van der Waals surface area (Å²) in [4.78, 5) is 14.3. The summed E-state index contributed by atoms with van der Waals surface area (Å²) in [5.74, 6) is -0.258. The van der Waals surface area contributed by atoms with Gasteiger partial charge in [-0.2, -0.15) is 4.73 Å². The average Bonchev–Trinajstić information content (AvgIpc) is 2.55. The van der Waals surface area contributed by atoms with E-state index in [9.17, 15) is 10.0 Å². The molecule has 1 aliphatic heterocycles. The zero-order valence-electron chi connectivity index (χ0n) is 12.4.